The third-order valence-electron chi connectivity index (χ3n) is 4.55. The van der Waals surface area contributed by atoms with Crippen molar-refractivity contribution in [3.63, 3.8) is 0 Å². The van der Waals surface area contributed by atoms with Gasteiger partial charge in [0.05, 0.1) is 0 Å². The summed E-state index contributed by atoms with van der Waals surface area (Å²) in [6, 6.07) is 17.6. The molecular weight excluding hydrogens is 288 g/mol. The standard InChI is InChI=1S/C16H18.C6H14.C2H6/c1-12-4-8-15(9-5-12)14(3)16-10-6-13(2)7-11-16;1-4-6(3)5-2;1-2/h4-11,14H,1-3H3;6H,4-5H2,1-3H3;1-2H3. The smallest absolute Gasteiger partial charge is 0.00610 e. The first-order valence-corrected chi connectivity index (χ1v) is 9.61. The first kappa shape index (κ1) is 22.4. The van der Waals surface area contributed by atoms with Crippen molar-refractivity contribution in [2.24, 2.45) is 5.92 Å². The van der Waals surface area contributed by atoms with Gasteiger partial charge in [-0.1, -0.05) is 114 Å². The second-order valence-electron chi connectivity index (χ2n) is 6.46. The van der Waals surface area contributed by atoms with Crippen molar-refractivity contribution < 1.29 is 0 Å². The molecule has 0 aliphatic carbocycles. The Morgan fingerprint density at radius 2 is 0.917 bits per heavy atom. The number of benzene rings is 2. The average Bonchev–Trinajstić information content (AvgIpc) is 2.64. The van der Waals surface area contributed by atoms with Crippen LogP contribution in [0.1, 0.15) is 82.6 Å². The van der Waals surface area contributed by atoms with Crippen LogP contribution in [0, 0.1) is 19.8 Å². The Morgan fingerprint density at radius 3 is 1.12 bits per heavy atom. The van der Waals surface area contributed by atoms with Crippen LogP contribution in [-0.2, 0) is 0 Å². The summed E-state index contributed by atoms with van der Waals surface area (Å²) in [5.74, 6) is 1.41. The Morgan fingerprint density at radius 1 is 0.625 bits per heavy atom. The summed E-state index contributed by atoms with van der Waals surface area (Å²) in [4.78, 5) is 0. The molecule has 0 bridgehead atoms. The minimum atomic E-state index is 0.473. The molecule has 0 nitrogen and oxygen atoms in total. The van der Waals surface area contributed by atoms with E-state index in [0.717, 1.165) is 5.92 Å². The summed E-state index contributed by atoms with van der Waals surface area (Å²) < 4.78 is 0. The molecule has 0 heterocycles. The molecule has 0 heteroatoms. The fourth-order valence-corrected chi connectivity index (χ4v) is 2.19. The molecule has 24 heavy (non-hydrogen) atoms. The van der Waals surface area contributed by atoms with Gasteiger partial charge < -0.3 is 0 Å². The fraction of sp³-hybridized carbons (Fsp3) is 0.500. The van der Waals surface area contributed by atoms with Crippen molar-refractivity contribution in [1.82, 2.24) is 0 Å². The van der Waals surface area contributed by atoms with Crippen LogP contribution in [0.3, 0.4) is 0 Å². The molecule has 0 unspecified atom stereocenters. The largest absolute Gasteiger partial charge is 0.0683 e. The predicted molar refractivity (Wildman–Crippen MR) is 111 cm³/mol. The number of aryl methyl sites for hydroxylation is 2. The molecule has 0 radical (unpaired) electrons. The van der Waals surface area contributed by atoms with Crippen LogP contribution in [0.25, 0.3) is 0 Å². The van der Waals surface area contributed by atoms with Crippen LogP contribution in [0.4, 0.5) is 0 Å². The molecule has 0 N–H and O–H groups in total. The number of hydrogen-bond donors (Lipinski definition) is 0. The second kappa shape index (κ2) is 12.8. The molecule has 134 valence electrons. The average molecular weight is 327 g/mol. The Kier molecular flexibility index (Phi) is 12.0. The first-order valence-electron chi connectivity index (χ1n) is 9.61. The molecule has 0 saturated carbocycles. The molecule has 0 aliphatic heterocycles. The third-order valence-corrected chi connectivity index (χ3v) is 4.55. The van der Waals surface area contributed by atoms with E-state index in [1.165, 1.54) is 35.1 Å². The topological polar surface area (TPSA) is 0 Å². The molecule has 0 amide bonds. The first-order chi connectivity index (χ1) is 11.5. The molecule has 0 saturated heterocycles. The third kappa shape index (κ3) is 8.34. The van der Waals surface area contributed by atoms with E-state index in [4.69, 9.17) is 0 Å². The van der Waals surface area contributed by atoms with Gasteiger partial charge in [-0.2, -0.15) is 0 Å². The van der Waals surface area contributed by atoms with Gasteiger partial charge in [-0.3, -0.25) is 0 Å². The van der Waals surface area contributed by atoms with Gasteiger partial charge in [0.1, 0.15) is 0 Å². The van der Waals surface area contributed by atoms with Crippen molar-refractivity contribution in [3.05, 3.63) is 70.8 Å². The van der Waals surface area contributed by atoms with E-state index >= 15 is 0 Å². The fourth-order valence-electron chi connectivity index (χ4n) is 2.19. The van der Waals surface area contributed by atoms with E-state index in [1.54, 1.807) is 0 Å². The summed E-state index contributed by atoms with van der Waals surface area (Å²) in [5.41, 5.74) is 5.41. The predicted octanol–water partition coefficient (Wildman–Crippen LogP) is 7.92. The lowest BCUT2D eigenvalue weighted by molar-refractivity contribution is 0.544. The summed E-state index contributed by atoms with van der Waals surface area (Å²) in [6.45, 7) is 17.2. The van der Waals surface area contributed by atoms with Gasteiger partial charge in [-0.05, 0) is 30.9 Å². The molecule has 0 spiro atoms. The maximum atomic E-state index is 2.28. The highest BCUT2D eigenvalue weighted by Crippen LogP contribution is 2.24. The quantitative estimate of drug-likeness (QED) is 0.535. The van der Waals surface area contributed by atoms with Gasteiger partial charge in [-0.25, -0.2) is 0 Å². The Bertz CT molecular complexity index is 469. The Balaban J connectivity index is 0.000000563. The van der Waals surface area contributed by atoms with Gasteiger partial charge >= 0.3 is 0 Å². The molecule has 0 aliphatic rings. The maximum absolute atomic E-state index is 2.28. The number of rotatable bonds is 4. The molecule has 0 aromatic heterocycles. The van der Waals surface area contributed by atoms with Crippen LogP contribution in [0.2, 0.25) is 0 Å². The molecule has 0 fully saturated rings. The van der Waals surface area contributed by atoms with Crippen molar-refractivity contribution in [2.45, 2.75) is 74.1 Å². The molecule has 2 aromatic rings. The summed E-state index contributed by atoms with van der Waals surface area (Å²) in [6.07, 6.45) is 2.66. The van der Waals surface area contributed by atoms with Gasteiger partial charge in [-0.15, -0.1) is 0 Å². The lowest BCUT2D eigenvalue weighted by Gasteiger charge is -2.12. The van der Waals surface area contributed by atoms with E-state index in [2.05, 4.69) is 90.1 Å². The van der Waals surface area contributed by atoms with Crippen molar-refractivity contribution in [2.75, 3.05) is 0 Å². The lowest BCUT2D eigenvalue weighted by atomic mass is 9.92. The second-order valence-corrected chi connectivity index (χ2v) is 6.46. The van der Waals surface area contributed by atoms with Crippen molar-refractivity contribution in [3.8, 4) is 0 Å². The molecule has 0 atom stereocenters. The summed E-state index contributed by atoms with van der Waals surface area (Å²) in [5, 5.41) is 0. The Labute approximate surface area is 151 Å². The van der Waals surface area contributed by atoms with E-state index in [9.17, 15) is 0 Å². The van der Waals surface area contributed by atoms with Gasteiger partial charge in [0.25, 0.3) is 0 Å². The van der Waals surface area contributed by atoms with E-state index < -0.39 is 0 Å². The van der Waals surface area contributed by atoms with Crippen molar-refractivity contribution in [1.29, 1.82) is 0 Å². The van der Waals surface area contributed by atoms with Crippen LogP contribution >= 0.6 is 0 Å². The lowest BCUT2D eigenvalue weighted by Crippen LogP contribution is -1.95. The molecular formula is C24H38. The zero-order chi connectivity index (χ0) is 18.5. The minimum absolute atomic E-state index is 0.473. The van der Waals surface area contributed by atoms with Crippen LogP contribution in [0.15, 0.2) is 48.5 Å². The zero-order valence-electron chi connectivity index (χ0n) is 17.2. The molecule has 2 rings (SSSR count). The van der Waals surface area contributed by atoms with E-state index in [-0.39, 0.29) is 0 Å². The SMILES string of the molecule is CC.CCC(C)CC.Cc1ccc(C(C)c2ccc(C)cc2)cc1. The zero-order valence-corrected chi connectivity index (χ0v) is 17.2. The van der Waals surface area contributed by atoms with Gasteiger partial charge in [0.2, 0.25) is 0 Å². The Hall–Kier alpha value is -1.56. The van der Waals surface area contributed by atoms with E-state index in [1.807, 2.05) is 13.8 Å². The van der Waals surface area contributed by atoms with Gasteiger partial charge in [0, 0.05) is 5.92 Å². The van der Waals surface area contributed by atoms with Crippen LogP contribution in [-0.4, -0.2) is 0 Å². The maximum Gasteiger partial charge on any atom is 0.00610 e. The van der Waals surface area contributed by atoms with Crippen molar-refractivity contribution >= 4 is 0 Å². The van der Waals surface area contributed by atoms with E-state index in [0.29, 0.717) is 5.92 Å². The molecule has 2 aromatic carbocycles. The van der Waals surface area contributed by atoms with Crippen LogP contribution in [0.5, 0.6) is 0 Å². The highest BCUT2D eigenvalue weighted by Gasteiger charge is 2.07. The monoisotopic (exact) mass is 326 g/mol. The van der Waals surface area contributed by atoms with Gasteiger partial charge in [0.15, 0.2) is 0 Å². The number of hydrogen-bond acceptors (Lipinski definition) is 0. The normalized spacial score (nSPS) is 9.92. The highest BCUT2D eigenvalue weighted by molar-refractivity contribution is 5.34. The summed E-state index contributed by atoms with van der Waals surface area (Å²) >= 11 is 0. The summed E-state index contributed by atoms with van der Waals surface area (Å²) in [7, 11) is 0. The minimum Gasteiger partial charge on any atom is -0.0683 e. The highest BCUT2D eigenvalue weighted by atomic mass is 14.1. The van der Waals surface area contributed by atoms with Crippen LogP contribution < -0.4 is 0 Å².